The average Bonchev–Trinajstić information content (AvgIpc) is 3.60. The number of nitrogen functional groups attached to an aromatic ring is 1. The second-order valence-electron chi connectivity index (χ2n) is 8.14. The monoisotopic (exact) mass is 609 g/mol. The number of furan rings is 1. The van der Waals surface area contributed by atoms with Crippen molar-refractivity contribution in [2.75, 3.05) is 24.3 Å². The minimum atomic E-state index is -1.23. The number of hydrogen-bond acceptors (Lipinski definition) is 15. The number of carbonyl (C=O) groups is 5. The van der Waals surface area contributed by atoms with Gasteiger partial charge in [0.2, 0.25) is 6.29 Å². The molecule has 4 rings (SSSR count). The largest absolute Gasteiger partial charge is 0.460 e. The molecule has 212 valence electrons. The number of carbonyl (C=O) groups excluding carboxylic acids is 5. The van der Waals surface area contributed by atoms with E-state index in [1.54, 1.807) is 6.07 Å². The lowest BCUT2D eigenvalue weighted by Gasteiger charge is -2.49. The van der Waals surface area contributed by atoms with Crippen molar-refractivity contribution < 1.29 is 42.7 Å². The van der Waals surface area contributed by atoms with Gasteiger partial charge < -0.3 is 29.8 Å². The van der Waals surface area contributed by atoms with E-state index in [-0.39, 0.29) is 44.6 Å². The first-order chi connectivity index (χ1) is 19.1. The van der Waals surface area contributed by atoms with Gasteiger partial charge in [-0.3, -0.25) is 24.1 Å². The molecular formula is C23H23N5O9S3. The molecule has 2 aromatic heterocycles. The summed E-state index contributed by atoms with van der Waals surface area (Å²) in [7, 11) is 1.26. The Morgan fingerprint density at radius 3 is 2.75 bits per heavy atom. The lowest BCUT2D eigenvalue weighted by molar-refractivity contribution is -0.182. The Morgan fingerprint density at radius 1 is 1.35 bits per heavy atom. The maximum absolute atomic E-state index is 13.3. The summed E-state index contributed by atoms with van der Waals surface area (Å²) in [6, 6.07) is 2.08. The predicted octanol–water partition coefficient (Wildman–Crippen LogP) is 1.35. The number of aromatic nitrogens is 1. The molecule has 2 aromatic rings. The fourth-order valence-electron chi connectivity index (χ4n) is 3.77. The van der Waals surface area contributed by atoms with E-state index < -0.39 is 41.5 Å². The number of fused-ring (bicyclic) bond motifs is 1. The maximum atomic E-state index is 13.3. The smallest absolute Gasteiger partial charge is 0.358 e. The van der Waals surface area contributed by atoms with Gasteiger partial charge in [0.15, 0.2) is 16.6 Å². The molecule has 0 aliphatic carbocycles. The van der Waals surface area contributed by atoms with Gasteiger partial charge in [-0.25, -0.2) is 9.78 Å². The first-order valence-electron chi connectivity index (χ1n) is 11.5. The van der Waals surface area contributed by atoms with Crippen molar-refractivity contribution in [3.8, 4) is 0 Å². The molecule has 0 bridgehead atoms. The zero-order chi connectivity index (χ0) is 29.0. The Bertz CT molecular complexity index is 1390. The SMILES string of the molecule is CO/N=C(/C(=O)N[C@@H]1C(=O)N2C(C(=O)OC(C)OC(C)=O)=C(CSC(=O)c3ccco3)CS[C@H]12)c1csc(N)n1. The van der Waals surface area contributed by atoms with Crippen molar-refractivity contribution in [2.45, 2.75) is 31.6 Å². The normalized spacial score (nSPS) is 19.3. The van der Waals surface area contributed by atoms with Crippen LogP contribution in [-0.2, 0) is 33.5 Å². The number of anilines is 1. The molecule has 3 atom stereocenters. The van der Waals surface area contributed by atoms with E-state index in [9.17, 15) is 24.0 Å². The molecule has 3 N–H and O–H groups in total. The molecule has 0 saturated carbocycles. The molecule has 2 aliphatic heterocycles. The van der Waals surface area contributed by atoms with Crippen LogP contribution in [0.1, 0.15) is 30.1 Å². The molecule has 40 heavy (non-hydrogen) atoms. The third-order valence-electron chi connectivity index (χ3n) is 5.39. The summed E-state index contributed by atoms with van der Waals surface area (Å²) in [6.07, 6.45) is 0.140. The van der Waals surface area contributed by atoms with Gasteiger partial charge in [0.05, 0.1) is 6.26 Å². The molecule has 17 heteroatoms. The van der Waals surface area contributed by atoms with Crippen LogP contribution in [0.3, 0.4) is 0 Å². The summed E-state index contributed by atoms with van der Waals surface area (Å²) < 4.78 is 15.3. The molecule has 4 heterocycles. The number of esters is 2. The molecular weight excluding hydrogens is 586 g/mol. The van der Waals surface area contributed by atoms with Crippen molar-refractivity contribution in [1.82, 2.24) is 15.2 Å². The first-order valence-corrected chi connectivity index (χ1v) is 14.4. The van der Waals surface area contributed by atoms with E-state index in [2.05, 4.69) is 15.5 Å². The average molecular weight is 610 g/mol. The van der Waals surface area contributed by atoms with Crippen molar-refractivity contribution in [1.29, 1.82) is 0 Å². The number of ether oxygens (including phenoxy) is 2. The molecule has 0 spiro atoms. The topological polar surface area (TPSA) is 193 Å². The maximum Gasteiger partial charge on any atom is 0.358 e. The minimum absolute atomic E-state index is 0.0579. The first kappa shape index (κ1) is 29.2. The highest BCUT2D eigenvalue weighted by atomic mass is 32.2. The van der Waals surface area contributed by atoms with E-state index >= 15 is 0 Å². The zero-order valence-corrected chi connectivity index (χ0v) is 23.7. The van der Waals surface area contributed by atoms with Crippen molar-refractivity contribution in [2.24, 2.45) is 5.16 Å². The number of hydrogen-bond donors (Lipinski definition) is 2. The second kappa shape index (κ2) is 12.6. The van der Waals surface area contributed by atoms with Crippen LogP contribution in [0.4, 0.5) is 5.13 Å². The van der Waals surface area contributed by atoms with Gasteiger partial charge in [0.25, 0.3) is 16.9 Å². The molecule has 2 amide bonds. The molecule has 0 radical (unpaired) electrons. The zero-order valence-electron chi connectivity index (χ0n) is 21.3. The fourth-order valence-corrected chi connectivity index (χ4v) is 6.59. The van der Waals surface area contributed by atoms with Crippen LogP contribution in [0, 0.1) is 0 Å². The Labute approximate surface area is 239 Å². The number of nitrogens with zero attached hydrogens (tertiary/aromatic N) is 3. The summed E-state index contributed by atoms with van der Waals surface area (Å²) in [5.41, 5.74) is 6.01. The van der Waals surface area contributed by atoms with Crippen molar-refractivity contribution in [3.05, 3.63) is 46.5 Å². The quantitative estimate of drug-likeness (QED) is 0.129. The van der Waals surface area contributed by atoms with Crippen LogP contribution in [0.5, 0.6) is 0 Å². The fraction of sp³-hybridized carbons (Fsp3) is 0.348. The van der Waals surface area contributed by atoms with Crippen molar-refractivity contribution in [3.63, 3.8) is 0 Å². The number of rotatable bonds is 10. The Hall–Kier alpha value is -3.83. The Balaban J connectivity index is 1.54. The summed E-state index contributed by atoms with van der Waals surface area (Å²) >= 11 is 3.28. The summed E-state index contributed by atoms with van der Waals surface area (Å²) in [5, 5.41) is 7.04. The van der Waals surface area contributed by atoms with Crippen LogP contribution in [-0.4, -0.2) is 80.8 Å². The van der Waals surface area contributed by atoms with Gasteiger partial charge in [-0.1, -0.05) is 16.9 Å². The number of nitrogens with two attached hydrogens (primary N) is 1. The van der Waals surface area contributed by atoms with Gasteiger partial charge in [0.1, 0.15) is 29.9 Å². The second-order valence-corrected chi connectivity index (χ2v) is 11.1. The van der Waals surface area contributed by atoms with Gasteiger partial charge >= 0.3 is 11.9 Å². The lowest BCUT2D eigenvalue weighted by Crippen LogP contribution is -2.71. The van der Waals surface area contributed by atoms with Crippen LogP contribution in [0.15, 0.2) is 44.6 Å². The van der Waals surface area contributed by atoms with Gasteiger partial charge in [-0.05, 0) is 17.7 Å². The molecule has 14 nitrogen and oxygen atoms in total. The highest BCUT2D eigenvalue weighted by molar-refractivity contribution is 8.14. The molecule has 2 aliphatic rings. The predicted molar refractivity (Wildman–Crippen MR) is 145 cm³/mol. The van der Waals surface area contributed by atoms with Crippen LogP contribution in [0.2, 0.25) is 0 Å². The van der Waals surface area contributed by atoms with Crippen LogP contribution >= 0.6 is 34.9 Å². The summed E-state index contributed by atoms with van der Waals surface area (Å²) in [4.78, 5) is 73.2. The molecule has 1 fully saturated rings. The molecule has 1 unspecified atom stereocenters. The highest BCUT2D eigenvalue weighted by Crippen LogP contribution is 2.41. The number of thiazole rings is 1. The summed E-state index contributed by atoms with van der Waals surface area (Å²) in [6.45, 7) is 2.51. The van der Waals surface area contributed by atoms with Gasteiger partial charge in [-0.15, -0.1) is 23.1 Å². The number of thioether (sulfide) groups is 2. The standard InChI is InChI=1S/C23H23N5O9S3/c1-10(29)36-11(2)37-21(32)17-12(8-39-22(33)14-5-4-6-35-14)7-38-20-16(19(31)28(17)20)26-18(30)15(27-34-3)13-9-40-23(24)25-13/h4-6,9,11,16,20H,7-8H2,1-3H3,(H2,24,25)(H,26,30)/b27-15+/t11?,16-,20-/m1/s1. The van der Waals surface area contributed by atoms with E-state index in [1.807, 2.05) is 0 Å². The molecule has 0 aromatic carbocycles. The number of nitrogens with one attached hydrogen (secondary N) is 1. The number of β-lactam (4-membered cyclic amide) rings is 1. The van der Waals surface area contributed by atoms with Crippen LogP contribution in [0.25, 0.3) is 0 Å². The van der Waals surface area contributed by atoms with Gasteiger partial charge in [0, 0.05) is 30.7 Å². The third-order valence-corrected chi connectivity index (χ3v) is 8.36. The highest BCUT2D eigenvalue weighted by Gasteiger charge is 2.55. The van der Waals surface area contributed by atoms with Crippen LogP contribution < -0.4 is 11.1 Å². The summed E-state index contributed by atoms with van der Waals surface area (Å²) in [5.74, 6) is -2.46. The number of amides is 2. The van der Waals surface area contributed by atoms with Crippen molar-refractivity contribution >= 4 is 74.6 Å². The number of oxime groups is 1. The Morgan fingerprint density at radius 2 is 2.12 bits per heavy atom. The van der Waals surface area contributed by atoms with E-state index in [1.165, 1.54) is 48.4 Å². The Kier molecular flexibility index (Phi) is 9.16. The minimum Gasteiger partial charge on any atom is -0.460 e. The van der Waals surface area contributed by atoms with E-state index in [4.69, 9.17) is 24.5 Å². The third kappa shape index (κ3) is 6.31. The molecule has 1 saturated heterocycles. The van der Waals surface area contributed by atoms with E-state index in [0.717, 1.165) is 30.0 Å². The lowest BCUT2D eigenvalue weighted by atomic mass is 10.0. The van der Waals surface area contributed by atoms with E-state index in [0.29, 0.717) is 5.57 Å². The van der Waals surface area contributed by atoms with Gasteiger partial charge in [-0.2, -0.15) is 0 Å².